The highest BCUT2D eigenvalue weighted by Crippen LogP contribution is 2.34. The van der Waals surface area contributed by atoms with Crippen molar-refractivity contribution in [1.82, 2.24) is 14.9 Å². The molecule has 0 atom stereocenters. The minimum absolute atomic E-state index is 0.0805. The molecule has 0 unspecified atom stereocenters. The first-order valence-corrected chi connectivity index (χ1v) is 10.1. The van der Waals surface area contributed by atoms with Crippen molar-refractivity contribution in [3.63, 3.8) is 0 Å². The van der Waals surface area contributed by atoms with Crippen LogP contribution in [-0.4, -0.2) is 67.4 Å². The molecular formula is C21H24F3N7O2. The summed E-state index contributed by atoms with van der Waals surface area (Å²) < 4.78 is 44.6. The lowest BCUT2D eigenvalue weighted by atomic mass is 10.1. The first-order chi connectivity index (χ1) is 15.8. The number of carbonyl (C=O) groups excluding carboxylic acids is 1. The maximum absolute atomic E-state index is 13.1. The fraction of sp³-hybridized carbons (Fsp3) is 0.333. The van der Waals surface area contributed by atoms with Gasteiger partial charge in [0, 0.05) is 56.9 Å². The van der Waals surface area contributed by atoms with Gasteiger partial charge in [0.25, 0.3) is 0 Å². The number of aromatic nitrogens is 2. The summed E-state index contributed by atoms with van der Waals surface area (Å²) in [7, 11) is 3.01. The Morgan fingerprint density at radius 1 is 1.18 bits per heavy atom. The van der Waals surface area contributed by atoms with Gasteiger partial charge >= 0.3 is 6.18 Å². The lowest BCUT2D eigenvalue weighted by molar-refractivity contribution is -0.137. The second-order valence-electron chi connectivity index (χ2n) is 7.02. The van der Waals surface area contributed by atoms with Gasteiger partial charge in [-0.2, -0.15) is 18.2 Å². The monoisotopic (exact) mass is 463 g/mol. The fourth-order valence-electron chi connectivity index (χ4n) is 3.25. The van der Waals surface area contributed by atoms with E-state index in [-0.39, 0.29) is 17.7 Å². The average molecular weight is 463 g/mol. The van der Waals surface area contributed by atoms with Crippen molar-refractivity contribution in [1.29, 1.82) is 5.41 Å². The van der Waals surface area contributed by atoms with E-state index in [9.17, 15) is 18.0 Å². The quantitative estimate of drug-likeness (QED) is 0.368. The first kappa shape index (κ1) is 24.0. The predicted molar refractivity (Wildman–Crippen MR) is 120 cm³/mol. The number of nitrogens with zero attached hydrogens (tertiary/aromatic N) is 3. The number of benzene rings is 1. The lowest BCUT2D eigenvalue weighted by Gasteiger charge is -2.25. The summed E-state index contributed by atoms with van der Waals surface area (Å²) in [6.45, 7) is 2.02. The molecule has 9 nitrogen and oxygen atoms in total. The number of ether oxygens (including phenoxy) is 1. The molecule has 33 heavy (non-hydrogen) atoms. The summed E-state index contributed by atoms with van der Waals surface area (Å²) in [5.41, 5.74) is 1.06. The standard InChI is InChI=1S/C21H24F3N7O2/c1-26-16-9-13(3-4-18(32)31-5-7-33-8-6-31)10-17(14(16)11-25)29-20-28-12-15(21(22,23)24)19(27-2)30-20/h3-4,9-12,25-26H,5-8H2,1-2H3,(H2,27,28,29,30)/b4-3+,25-11?. The van der Waals surface area contributed by atoms with Crippen LogP contribution in [0.1, 0.15) is 16.7 Å². The Bertz CT molecular complexity index is 1050. The number of amides is 1. The maximum Gasteiger partial charge on any atom is 0.421 e. The van der Waals surface area contributed by atoms with Gasteiger partial charge in [-0.05, 0) is 23.8 Å². The van der Waals surface area contributed by atoms with Gasteiger partial charge < -0.3 is 31.0 Å². The molecule has 3 rings (SSSR count). The number of halogens is 3. The van der Waals surface area contributed by atoms with E-state index in [1.807, 2.05) is 0 Å². The van der Waals surface area contributed by atoms with Crippen molar-refractivity contribution in [2.75, 3.05) is 56.3 Å². The maximum atomic E-state index is 13.1. The SMILES string of the molecule is CNc1cc(/C=C/C(=O)N2CCOCC2)cc(Nc2ncc(C(F)(F)F)c(NC)n2)c1C=N. The van der Waals surface area contributed by atoms with Gasteiger partial charge in [0.15, 0.2) is 0 Å². The third-order valence-electron chi connectivity index (χ3n) is 4.93. The Kier molecular flexibility index (Phi) is 7.48. The Morgan fingerprint density at radius 2 is 1.88 bits per heavy atom. The van der Waals surface area contributed by atoms with Crippen LogP contribution < -0.4 is 16.0 Å². The second kappa shape index (κ2) is 10.3. The molecule has 1 aromatic heterocycles. The van der Waals surface area contributed by atoms with E-state index in [4.69, 9.17) is 10.1 Å². The third kappa shape index (κ3) is 5.77. The van der Waals surface area contributed by atoms with Crippen LogP contribution >= 0.6 is 0 Å². The zero-order chi connectivity index (χ0) is 24.0. The number of alkyl halides is 3. The molecule has 1 aliphatic heterocycles. The second-order valence-corrected chi connectivity index (χ2v) is 7.02. The largest absolute Gasteiger partial charge is 0.421 e. The van der Waals surface area contributed by atoms with E-state index in [2.05, 4.69) is 25.9 Å². The third-order valence-corrected chi connectivity index (χ3v) is 4.93. The number of nitrogens with one attached hydrogen (secondary N) is 4. The van der Waals surface area contributed by atoms with Crippen molar-refractivity contribution >= 4 is 41.3 Å². The topological polar surface area (TPSA) is 115 Å². The van der Waals surface area contributed by atoms with E-state index in [0.29, 0.717) is 55.0 Å². The van der Waals surface area contributed by atoms with Crippen LogP contribution in [0, 0.1) is 5.41 Å². The Hall–Kier alpha value is -3.67. The number of anilines is 4. The zero-order valence-electron chi connectivity index (χ0n) is 18.1. The predicted octanol–water partition coefficient (Wildman–Crippen LogP) is 3.19. The molecule has 12 heteroatoms. The molecule has 1 aliphatic rings. The first-order valence-electron chi connectivity index (χ1n) is 10.1. The molecule has 0 spiro atoms. The Balaban J connectivity index is 1.92. The van der Waals surface area contributed by atoms with Gasteiger partial charge in [0.1, 0.15) is 11.4 Å². The van der Waals surface area contributed by atoms with Crippen LogP contribution in [0.2, 0.25) is 0 Å². The summed E-state index contributed by atoms with van der Waals surface area (Å²) in [4.78, 5) is 21.8. The highest BCUT2D eigenvalue weighted by Gasteiger charge is 2.35. The Morgan fingerprint density at radius 3 is 2.48 bits per heavy atom. The molecule has 0 aliphatic carbocycles. The molecule has 1 fully saturated rings. The van der Waals surface area contributed by atoms with E-state index in [0.717, 1.165) is 6.21 Å². The lowest BCUT2D eigenvalue weighted by Crippen LogP contribution is -2.39. The summed E-state index contributed by atoms with van der Waals surface area (Å²) in [5, 5.41) is 16.0. The van der Waals surface area contributed by atoms with E-state index < -0.39 is 11.7 Å². The smallest absolute Gasteiger partial charge is 0.388 e. The van der Waals surface area contributed by atoms with Gasteiger partial charge in [-0.25, -0.2) is 4.98 Å². The van der Waals surface area contributed by atoms with Crippen LogP contribution in [0.5, 0.6) is 0 Å². The molecule has 1 aromatic carbocycles. The number of morpholine rings is 1. The van der Waals surface area contributed by atoms with Crippen molar-refractivity contribution in [3.05, 3.63) is 41.1 Å². The molecule has 4 N–H and O–H groups in total. The van der Waals surface area contributed by atoms with Crippen LogP contribution in [-0.2, 0) is 15.7 Å². The zero-order valence-corrected chi connectivity index (χ0v) is 18.1. The molecule has 2 heterocycles. The van der Waals surface area contributed by atoms with Crippen molar-refractivity contribution in [2.45, 2.75) is 6.18 Å². The number of hydrogen-bond acceptors (Lipinski definition) is 8. The molecule has 1 saturated heterocycles. The minimum atomic E-state index is -4.60. The summed E-state index contributed by atoms with van der Waals surface area (Å²) in [6, 6.07) is 3.41. The normalized spacial score (nSPS) is 14.3. The molecule has 176 valence electrons. The molecule has 0 bridgehead atoms. The van der Waals surface area contributed by atoms with Gasteiger partial charge in [0.2, 0.25) is 11.9 Å². The highest BCUT2D eigenvalue weighted by atomic mass is 19.4. The van der Waals surface area contributed by atoms with Crippen LogP contribution in [0.4, 0.5) is 36.3 Å². The summed E-state index contributed by atoms with van der Waals surface area (Å²) >= 11 is 0. The molecule has 1 amide bonds. The summed E-state index contributed by atoms with van der Waals surface area (Å²) in [5.74, 6) is -0.611. The van der Waals surface area contributed by atoms with Crippen LogP contribution in [0.25, 0.3) is 6.08 Å². The molecule has 0 saturated carbocycles. The van der Waals surface area contributed by atoms with Crippen LogP contribution in [0.15, 0.2) is 24.4 Å². The van der Waals surface area contributed by atoms with E-state index in [1.165, 1.54) is 13.1 Å². The van der Waals surface area contributed by atoms with Crippen LogP contribution in [0.3, 0.4) is 0 Å². The van der Waals surface area contributed by atoms with Gasteiger partial charge in [-0.15, -0.1) is 0 Å². The molecule has 2 aromatic rings. The number of hydrogen-bond donors (Lipinski definition) is 4. The van der Waals surface area contributed by atoms with Gasteiger partial charge in [-0.3, -0.25) is 4.79 Å². The minimum Gasteiger partial charge on any atom is -0.388 e. The van der Waals surface area contributed by atoms with Crippen molar-refractivity contribution in [3.8, 4) is 0 Å². The molecular weight excluding hydrogens is 439 g/mol. The van der Waals surface area contributed by atoms with E-state index in [1.54, 1.807) is 30.2 Å². The molecule has 0 radical (unpaired) electrons. The Labute approximate surface area is 188 Å². The van der Waals surface area contributed by atoms with Gasteiger partial charge in [-0.1, -0.05) is 0 Å². The highest BCUT2D eigenvalue weighted by molar-refractivity contribution is 5.97. The average Bonchev–Trinajstić information content (AvgIpc) is 2.81. The summed E-state index contributed by atoms with van der Waals surface area (Å²) in [6.07, 6.45) is 0.262. The number of carbonyl (C=O) groups is 1. The number of rotatable bonds is 7. The van der Waals surface area contributed by atoms with E-state index >= 15 is 0 Å². The fourth-order valence-corrected chi connectivity index (χ4v) is 3.25. The van der Waals surface area contributed by atoms with Crippen molar-refractivity contribution in [2.24, 2.45) is 0 Å². The van der Waals surface area contributed by atoms with Crippen molar-refractivity contribution < 1.29 is 22.7 Å². The van der Waals surface area contributed by atoms with Gasteiger partial charge in [0.05, 0.1) is 18.9 Å².